The quantitative estimate of drug-likeness (QED) is 0.127. The molecule has 1 aromatic heterocycles. The maximum Gasteiger partial charge on any atom is 0.422 e. The molecule has 0 saturated heterocycles. The van der Waals surface area contributed by atoms with Crippen LogP contribution in [0.1, 0.15) is 48.0 Å². The first-order valence-electron chi connectivity index (χ1n) is 15.2. The van der Waals surface area contributed by atoms with Crippen LogP contribution in [0.15, 0.2) is 48.5 Å². The fourth-order valence-electron chi connectivity index (χ4n) is 4.35. The first kappa shape index (κ1) is 38.1. The van der Waals surface area contributed by atoms with Crippen molar-refractivity contribution in [1.29, 1.82) is 0 Å². The van der Waals surface area contributed by atoms with Gasteiger partial charge in [0.05, 0.1) is 5.54 Å². The normalized spacial score (nSPS) is 13.7. The second-order valence-electron chi connectivity index (χ2n) is 11.4. The molecule has 1 heterocycles. The lowest BCUT2D eigenvalue weighted by Gasteiger charge is -2.19. The second kappa shape index (κ2) is 16.3. The molecule has 50 heavy (non-hydrogen) atoms. The van der Waals surface area contributed by atoms with E-state index in [1.54, 1.807) is 24.3 Å². The SMILES string of the molecule is CN(C)S(=O)(=O)NC(=O)CCNC(=O)CCCNC(=O)c1ccc(Nc2nc(NC3(c4ccc(Cl)cc4)CC3)nc(OCC(F)(F)F)n2)cc1. The Morgan fingerprint density at radius 2 is 1.56 bits per heavy atom. The first-order chi connectivity index (χ1) is 23.5. The number of aromatic nitrogens is 3. The van der Waals surface area contributed by atoms with Crippen LogP contribution < -0.4 is 30.7 Å². The smallest absolute Gasteiger partial charge is 0.422 e. The van der Waals surface area contributed by atoms with Crippen LogP contribution in [0.5, 0.6) is 6.01 Å². The molecule has 1 fully saturated rings. The molecule has 1 saturated carbocycles. The summed E-state index contributed by atoms with van der Waals surface area (Å²) in [5, 5.41) is 11.8. The van der Waals surface area contributed by atoms with E-state index < -0.39 is 46.4 Å². The topological polar surface area (TPSA) is 197 Å². The average Bonchev–Trinajstić information content (AvgIpc) is 3.82. The van der Waals surface area contributed by atoms with Gasteiger partial charge in [-0.25, -0.2) is 4.72 Å². The molecule has 3 aromatic rings. The van der Waals surface area contributed by atoms with Gasteiger partial charge >= 0.3 is 22.4 Å². The molecule has 1 aliphatic carbocycles. The van der Waals surface area contributed by atoms with Gasteiger partial charge in [0.2, 0.25) is 23.7 Å². The Labute approximate surface area is 290 Å². The Balaban J connectivity index is 1.28. The van der Waals surface area contributed by atoms with Crippen LogP contribution in [-0.2, 0) is 25.3 Å². The second-order valence-corrected chi connectivity index (χ2v) is 13.7. The molecule has 4 rings (SSSR count). The number of ether oxygens (including phenoxy) is 1. The summed E-state index contributed by atoms with van der Waals surface area (Å²) in [6.07, 6.45) is -3.04. The van der Waals surface area contributed by atoms with Crippen molar-refractivity contribution in [3.05, 3.63) is 64.7 Å². The number of rotatable bonds is 17. The number of alkyl halides is 3. The summed E-state index contributed by atoms with van der Waals surface area (Å²) in [6.45, 7) is -1.49. The van der Waals surface area contributed by atoms with Crippen LogP contribution in [0.4, 0.5) is 30.8 Å². The third kappa shape index (κ3) is 11.7. The van der Waals surface area contributed by atoms with E-state index in [0.717, 1.165) is 22.7 Å². The van der Waals surface area contributed by atoms with Crippen LogP contribution >= 0.6 is 11.6 Å². The van der Waals surface area contributed by atoms with Gasteiger partial charge in [-0.15, -0.1) is 0 Å². The molecular formula is C30H35ClF3N9O6S. The Morgan fingerprint density at radius 3 is 2.18 bits per heavy atom. The van der Waals surface area contributed by atoms with Crippen LogP contribution in [0.2, 0.25) is 5.02 Å². The first-order valence-corrected chi connectivity index (χ1v) is 17.0. The van der Waals surface area contributed by atoms with Gasteiger partial charge in [-0.1, -0.05) is 23.7 Å². The summed E-state index contributed by atoms with van der Waals surface area (Å²) < 4.78 is 69.4. The largest absolute Gasteiger partial charge is 0.454 e. The minimum atomic E-state index is -4.61. The van der Waals surface area contributed by atoms with Gasteiger partial charge in [0.15, 0.2) is 6.61 Å². The predicted molar refractivity (Wildman–Crippen MR) is 177 cm³/mol. The monoisotopic (exact) mass is 741 g/mol. The molecule has 0 atom stereocenters. The number of anilines is 3. The van der Waals surface area contributed by atoms with Crippen molar-refractivity contribution in [1.82, 2.24) is 34.6 Å². The van der Waals surface area contributed by atoms with Crippen molar-refractivity contribution in [2.24, 2.45) is 0 Å². The number of halogens is 4. The van der Waals surface area contributed by atoms with Crippen LogP contribution in [-0.4, -0.2) is 85.4 Å². The molecular weight excluding hydrogens is 707 g/mol. The number of nitrogens with one attached hydrogen (secondary N) is 5. The number of carbonyl (C=O) groups excluding carboxylic acids is 3. The van der Waals surface area contributed by atoms with E-state index in [1.807, 2.05) is 16.9 Å². The van der Waals surface area contributed by atoms with Gasteiger partial charge in [0, 0.05) is 56.3 Å². The van der Waals surface area contributed by atoms with Gasteiger partial charge in [-0.3, -0.25) is 14.4 Å². The van der Waals surface area contributed by atoms with Gasteiger partial charge in [0.25, 0.3) is 5.91 Å². The van der Waals surface area contributed by atoms with Crippen LogP contribution in [0.25, 0.3) is 0 Å². The lowest BCUT2D eigenvalue weighted by molar-refractivity contribution is -0.154. The molecule has 270 valence electrons. The maximum atomic E-state index is 12.9. The van der Waals surface area contributed by atoms with Gasteiger partial charge < -0.3 is 26.0 Å². The Morgan fingerprint density at radius 1 is 0.900 bits per heavy atom. The number of nitrogens with zero attached hydrogens (tertiary/aromatic N) is 4. The van der Waals surface area contributed by atoms with Gasteiger partial charge in [-0.2, -0.15) is 40.8 Å². The number of hydrogen-bond acceptors (Lipinski definition) is 11. The molecule has 1 aliphatic rings. The summed E-state index contributed by atoms with van der Waals surface area (Å²) in [4.78, 5) is 48.7. The molecule has 0 radical (unpaired) electrons. The zero-order valence-electron chi connectivity index (χ0n) is 26.9. The highest BCUT2D eigenvalue weighted by Gasteiger charge is 2.45. The number of hydrogen-bond donors (Lipinski definition) is 5. The molecule has 0 unspecified atom stereocenters. The highest BCUT2D eigenvalue weighted by Crippen LogP contribution is 2.48. The third-order valence-corrected chi connectivity index (χ3v) is 8.84. The van der Waals surface area contributed by atoms with Crippen LogP contribution in [0.3, 0.4) is 0 Å². The van der Waals surface area contributed by atoms with E-state index in [4.69, 9.17) is 16.3 Å². The summed E-state index contributed by atoms with van der Waals surface area (Å²) in [5.41, 5.74) is 1.10. The zero-order chi connectivity index (χ0) is 36.5. The van der Waals surface area contributed by atoms with Crippen molar-refractivity contribution in [3.63, 3.8) is 0 Å². The molecule has 20 heteroatoms. The van der Waals surface area contributed by atoms with E-state index >= 15 is 0 Å². The van der Waals surface area contributed by atoms with Crippen LogP contribution in [0, 0.1) is 0 Å². The minimum absolute atomic E-state index is 0.00207. The highest BCUT2D eigenvalue weighted by molar-refractivity contribution is 7.87. The lowest BCUT2D eigenvalue weighted by Crippen LogP contribution is -2.40. The van der Waals surface area contributed by atoms with Crippen molar-refractivity contribution >= 4 is 57.1 Å². The Bertz CT molecular complexity index is 1780. The van der Waals surface area contributed by atoms with Crippen molar-refractivity contribution in [2.75, 3.05) is 44.4 Å². The molecule has 0 bridgehead atoms. The average molecular weight is 742 g/mol. The minimum Gasteiger partial charge on any atom is -0.454 e. The number of benzene rings is 2. The molecule has 15 nitrogen and oxygen atoms in total. The van der Waals surface area contributed by atoms with E-state index in [2.05, 4.69) is 36.2 Å². The van der Waals surface area contributed by atoms with Crippen molar-refractivity contribution in [2.45, 2.75) is 43.8 Å². The predicted octanol–water partition coefficient (Wildman–Crippen LogP) is 3.25. The summed E-state index contributed by atoms with van der Waals surface area (Å²) in [5.74, 6) is -1.65. The molecule has 3 amide bonds. The Hall–Kier alpha value is -4.75. The fourth-order valence-corrected chi connectivity index (χ4v) is 5.05. The van der Waals surface area contributed by atoms with E-state index in [0.29, 0.717) is 22.7 Å². The zero-order valence-corrected chi connectivity index (χ0v) is 28.5. The van der Waals surface area contributed by atoms with Gasteiger partial charge in [0.1, 0.15) is 0 Å². The standard InChI is InChI=1S/C30H35ClF3N9O6S/c1-43(2)50(47,48)42-24(45)13-17-35-23(44)4-3-16-36-25(46)19-5-11-22(12-6-19)37-26-38-27(40-28(39-26)49-18-30(32,33)34)41-29(14-15-29)20-7-9-21(31)10-8-20/h5-12H,3-4,13-18H2,1-2H3,(H,35,44)(H,36,46)(H,42,45)(H2,37,38,39,40,41). The molecule has 0 spiro atoms. The molecule has 2 aromatic carbocycles. The van der Waals surface area contributed by atoms with Crippen molar-refractivity contribution < 1.29 is 40.7 Å². The van der Waals surface area contributed by atoms with E-state index in [9.17, 15) is 36.0 Å². The number of carbonyl (C=O) groups is 3. The summed E-state index contributed by atoms with van der Waals surface area (Å²) in [6, 6.07) is 12.7. The van der Waals surface area contributed by atoms with Gasteiger partial charge in [-0.05, 0) is 61.2 Å². The maximum absolute atomic E-state index is 12.9. The number of amides is 3. The van der Waals surface area contributed by atoms with E-state index in [1.165, 1.54) is 26.2 Å². The Kier molecular flexibility index (Phi) is 12.4. The fraction of sp³-hybridized carbons (Fsp3) is 0.400. The van der Waals surface area contributed by atoms with Crippen molar-refractivity contribution in [3.8, 4) is 6.01 Å². The molecule has 0 aliphatic heterocycles. The third-order valence-electron chi connectivity index (χ3n) is 7.14. The summed E-state index contributed by atoms with van der Waals surface area (Å²) in [7, 11) is -1.37. The summed E-state index contributed by atoms with van der Waals surface area (Å²) >= 11 is 6.01. The lowest BCUT2D eigenvalue weighted by atomic mass is 10.1. The highest BCUT2D eigenvalue weighted by atomic mass is 35.5. The van der Waals surface area contributed by atoms with E-state index in [-0.39, 0.29) is 43.7 Å². The molecule has 5 N–H and O–H groups in total.